The Morgan fingerprint density at radius 1 is 1.33 bits per heavy atom. The Balaban J connectivity index is 1.45. The van der Waals surface area contributed by atoms with Gasteiger partial charge >= 0.3 is 0 Å². The van der Waals surface area contributed by atoms with Gasteiger partial charge in [-0.15, -0.1) is 11.3 Å². The Bertz CT molecular complexity index is 803. The highest BCUT2D eigenvalue weighted by atomic mass is 32.1. The lowest BCUT2D eigenvalue weighted by Gasteiger charge is -2.30. The molecule has 0 aliphatic carbocycles. The Kier molecular flexibility index (Phi) is 4.38. The maximum absolute atomic E-state index is 5.82. The number of benzene rings is 1. The number of aryl methyl sites for hydroxylation is 1. The van der Waals surface area contributed by atoms with E-state index < -0.39 is 0 Å². The molecule has 0 amide bonds. The molecule has 0 saturated carbocycles. The summed E-state index contributed by atoms with van der Waals surface area (Å²) in [5, 5.41) is 7.12. The first-order valence-corrected chi connectivity index (χ1v) is 8.79. The Morgan fingerprint density at radius 2 is 2.25 bits per heavy atom. The lowest BCUT2D eigenvalue weighted by molar-refractivity contribution is -0.0356. The van der Waals surface area contributed by atoms with E-state index in [2.05, 4.69) is 20.0 Å². The monoisotopic (exact) mass is 342 g/mol. The van der Waals surface area contributed by atoms with E-state index in [9.17, 15) is 0 Å². The zero-order chi connectivity index (χ0) is 16.4. The van der Waals surface area contributed by atoms with E-state index in [0.717, 1.165) is 29.2 Å². The average molecular weight is 342 g/mol. The SMILES string of the molecule is Cc1ccccc1-c1noc(CN2CCO[C@@H](c3nccs3)C2)n1. The van der Waals surface area contributed by atoms with E-state index in [-0.39, 0.29) is 6.10 Å². The summed E-state index contributed by atoms with van der Waals surface area (Å²) < 4.78 is 11.3. The van der Waals surface area contributed by atoms with Gasteiger partial charge in [-0.2, -0.15) is 4.98 Å². The fraction of sp³-hybridized carbons (Fsp3) is 0.353. The molecule has 4 rings (SSSR count). The zero-order valence-electron chi connectivity index (χ0n) is 13.4. The third-order valence-electron chi connectivity index (χ3n) is 4.09. The molecule has 0 radical (unpaired) electrons. The van der Waals surface area contributed by atoms with Gasteiger partial charge in [-0.25, -0.2) is 4.98 Å². The summed E-state index contributed by atoms with van der Waals surface area (Å²) in [5.41, 5.74) is 2.15. The van der Waals surface area contributed by atoms with Crippen molar-refractivity contribution >= 4 is 11.3 Å². The molecule has 24 heavy (non-hydrogen) atoms. The molecule has 1 aliphatic heterocycles. The van der Waals surface area contributed by atoms with Crippen LogP contribution in [0, 0.1) is 6.92 Å². The van der Waals surface area contributed by atoms with Crippen molar-refractivity contribution in [3.63, 3.8) is 0 Å². The fourth-order valence-corrected chi connectivity index (χ4v) is 3.51. The second-order valence-electron chi connectivity index (χ2n) is 5.79. The Labute approximate surface area is 144 Å². The summed E-state index contributed by atoms with van der Waals surface area (Å²) in [6.45, 7) is 5.00. The van der Waals surface area contributed by atoms with E-state index in [1.165, 1.54) is 0 Å². The van der Waals surface area contributed by atoms with Crippen molar-refractivity contribution in [3.8, 4) is 11.4 Å². The van der Waals surface area contributed by atoms with Gasteiger partial charge in [-0.1, -0.05) is 29.4 Å². The molecular weight excluding hydrogens is 324 g/mol. The molecule has 1 atom stereocenters. The summed E-state index contributed by atoms with van der Waals surface area (Å²) >= 11 is 1.63. The van der Waals surface area contributed by atoms with Gasteiger partial charge in [0.2, 0.25) is 11.7 Å². The van der Waals surface area contributed by atoms with Gasteiger partial charge in [0.25, 0.3) is 0 Å². The molecule has 2 aromatic heterocycles. The van der Waals surface area contributed by atoms with Gasteiger partial charge in [0.15, 0.2) is 0 Å². The van der Waals surface area contributed by atoms with Crippen LogP contribution in [0.2, 0.25) is 0 Å². The quantitative estimate of drug-likeness (QED) is 0.726. The highest BCUT2D eigenvalue weighted by molar-refractivity contribution is 7.09. The van der Waals surface area contributed by atoms with Gasteiger partial charge in [0, 0.05) is 30.2 Å². The van der Waals surface area contributed by atoms with Crippen molar-refractivity contribution in [2.75, 3.05) is 19.7 Å². The van der Waals surface area contributed by atoms with E-state index in [1.807, 2.05) is 42.8 Å². The van der Waals surface area contributed by atoms with Crippen LogP contribution in [0.4, 0.5) is 0 Å². The predicted molar refractivity (Wildman–Crippen MR) is 90.6 cm³/mol. The largest absolute Gasteiger partial charge is 0.368 e. The van der Waals surface area contributed by atoms with E-state index in [1.54, 1.807) is 11.3 Å². The van der Waals surface area contributed by atoms with Crippen molar-refractivity contribution < 1.29 is 9.26 Å². The Hall–Kier alpha value is -2.09. The van der Waals surface area contributed by atoms with Gasteiger partial charge < -0.3 is 9.26 Å². The third-order valence-corrected chi connectivity index (χ3v) is 4.96. The van der Waals surface area contributed by atoms with Crippen LogP contribution in [0.3, 0.4) is 0 Å². The predicted octanol–water partition coefficient (Wildman–Crippen LogP) is 3.08. The lowest BCUT2D eigenvalue weighted by atomic mass is 10.1. The number of aromatic nitrogens is 3. The molecule has 1 fully saturated rings. The molecule has 124 valence electrons. The normalized spacial score (nSPS) is 18.8. The van der Waals surface area contributed by atoms with E-state index in [0.29, 0.717) is 24.9 Å². The summed E-state index contributed by atoms with van der Waals surface area (Å²) in [5.74, 6) is 1.28. The molecule has 0 unspecified atom stereocenters. The minimum atomic E-state index is 0.0255. The minimum Gasteiger partial charge on any atom is -0.368 e. The molecular formula is C17H18N4O2S. The molecule has 1 saturated heterocycles. The first-order valence-electron chi connectivity index (χ1n) is 7.91. The van der Waals surface area contributed by atoms with Crippen molar-refractivity contribution in [2.24, 2.45) is 0 Å². The number of thiazole rings is 1. The molecule has 0 spiro atoms. The average Bonchev–Trinajstić information content (AvgIpc) is 3.27. The second kappa shape index (κ2) is 6.80. The van der Waals surface area contributed by atoms with Crippen LogP contribution >= 0.6 is 11.3 Å². The molecule has 0 bridgehead atoms. The van der Waals surface area contributed by atoms with Crippen molar-refractivity contribution in [2.45, 2.75) is 19.6 Å². The summed E-state index contributed by atoms with van der Waals surface area (Å²) in [6, 6.07) is 8.05. The van der Waals surface area contributed by atoms with Gasteiger partial charge in [-0.05, 0) is 12.5 Å². The van der Waals surface area contributed by atoms with Crippen LogP contribution in [0.1, 0.15) is 22.6 Å². The van der Waals surface area contributed by atoms with Crippen molar-refractivity contribution in [1.29, 1.82) is 0 Å². The third kappa shape index (κ3) is 3.24. The van der Waals surface area contributed by atoms with Crippen LogP contribution in [0.25, 0.3) is 11.4 Å². The van der Waals surface area contributed by atoms with Crippen LogP contribution in [-0.4, -0.2) is 39.7 Å². The van der Waals surface area contributed by atoms with Gasteiger partial charge in [0.1, 0.15) is 11.1 Å². The van der Waals surface area contributed by atoms with Crippen LogP contribution in [0.5, 0.6) is 0 Å². The van der Waals surface area contributed by atoms with Crippen molar-refractivity contribution in [1.82, 2.24) is 20.0 Å². The second-order valence-corrected chi connectivity index (χ2v) is 6.72. The zero-order valence-corrected chi connectivity index (χ0v) is 14.2. The first-order chi connectivity index (χ1) is 11.8. The highest BCUT2D eigenvalue weighted by Crippen LogP contribution is 2.25. The number of nitrogens with zero attached hydrogens (tertiary/aromatic N) is 4. The molecule has 1 aliphatic rings. The summed E-state index contributed by atoms with van der Waals surface area (Å²) in [6.07, 6.45) is 1.84. The molecule has 1 aromatic carbocycles. The van der Waals surface area contributed by atoms with Crippen LogP contribution < -0.4 is 0 Å². The van der Waals surface area contributed by atoms with Crippen LogP contribution in [-0.2, 0) is 11.3 Å². The molecule has 7 heteroatoms. The minimum absolute atomic E-state index is 0.0255. The number of ether oxygens (including phenoxy) is 1. The fourth-order valence-electron chi connectivity index (χ4n) is 2.83. The summed E-state index contributed by atoms with van der Waals surface area (Å²) in [7, 11) is 0. The molecule has 6 nitrogen and oxygen atoms in total. The number of rotatable bonds is 4. The molecule has 0 N–H and O–H groups in total. The maximum atomic E-state index is 5.82. The first kappa shape index (κ1) is 15.4. The van der Waals surface area contributed by atoms with E-state index in [4.69, 9.17) is 9.26 Å². The topological polar surface area (TPSA) is 64.3 Å². The van der Waals surface area contributed by atoms with Gasteiger partial charge in [0.05, 0.1) is 13.2 Å². The smallest absolute Gasteiger partial charge is 0.241 e. The number of hydrogen-bond donors (Lipinski definition) is 0. The Morgan fingerprint density at radius 3 is 3.08 bits per heavy atom. The van der Waals surface area contributed by atoms with Gasteiger partial charge in [-0.3, -0.25) is 4.90 Å². The standard InChI is InChI=1S/C17H18N4O2S/c1-12-4-2-3-5-13(12)16-19-15(23-20-16)11-21-7-8-22-14(10-21)17-18-6-9-24-17/h2-6,9,14H,7-8,10-11H2,1H3/t14-/m1/s1. The van der Waals surface area contributed by atoms with Crippen molar-refractivity contribution in [3.05, 3.63) is 52.3 Å². The van der Waals surface area contributed by atoms with E-state index >= 15 is 0 Å². The summed E-state index contributed by atoms with van der Waals surface area (Å²) in [4.78, 5) is 11.2. The number of hydrogen-bond acceptors (Lipinski definition) is 7. The lowest BCUT2D eigenvalue weighted by Crippen LogP contribution is -2.37. The molecule has 3 heterocycles. The molecule has 3 aromatic rings. The highest BCUT2D eigenvalue weighted by Gasteiger charge is 2.25. The van der Waals surface area contributed by atoms with Crippen LogP contribution in [0.15, 0.2) is 40.4 Å². The maximum Gasteiger partial charge on any atom is 0.241 e. The number of morpholine rings is 1.